The molecule has 1 aliphatic rings. The molecule has 3 aromatic heterocycles. The Labute approximate surface area is 183 Å². The molecule has 4 rings (SSSR count). The fourth-order valence-electron chi connectivity index (χ4n) is 3.90. The van der Waals surface area contributed by atoms with E-state index in [1.807, 2.05) is 6.07 Å². The maximum absolute atomic E-state index is 15.0. The van der Waals surface area contributed by atoms with E-state index in [9.17, 15) is 26.3 Å². The molecular weight excluding hydrogens is 456 g/mol. The number of nitrogens with zero attached hydrogens (tertiary/aromatic N) is 1. The summed E-state index contributed by atoms with van der Waals surface area (Å²) < 4.78 is 90.4. The van der Waals surface area contributed by atoms with Crippen LogP contribution in [0.15, 0.2) is 42.7 Å². The van der Waals surface area contributed by atoms with E-state index in [4.69, 9.17) is 0 Å². The Kier molecular flexibility index (Phi) is 5.13. The molecule has 3 aromatic rings. The van der Waals surface area contributed by atoms with Gasteiger partial charge in [0.2, 0.25) is 0 Å². The topological polar surface area (TPSA) is 3.88 Å². The minimum atomic E-state index is -5.53. The van der Waals surface area contributed by atoms with Crippen molar-refractivity contribution >= 4 is 33.8 Å². The Morgan fingerprint density at radius 3 is 1.77 bits per heavy atom. The molecular formula is C22H18F6NS2+. The number of hydrogen-bond donors (Lipinski definition) is 0. The first kappa shape index (κ1) is 22.1. The fraction of sp³-hybridized carbons (Fsp3) is 0.318. The standard InChI is InChI=1S/C22H18F6NS2/c1-12-9-16(13(2)30-12)18-19(21(25,26)22(27,28)20(18,23)24)17-10-15(31-14(17)3)11-29-7-5-4-6-8-29/h4-10H,11H2,1-3H3/q+1. The number of alkyl halides is 6. The molecule has 0 aliphatic heterocycles. The summed E-state index contributed by atoms with van der Waals surface area (Å²) in [6.07, 6.45) is 3.53. The fourth-order valence-corrected chi connectivity index (χ4v) is 5.89. The van der Waals surface area contributed by atoms with Crippen LogP contribution in [0.5, 0.6) is 0 Å². The van der Waals surface area contributed by atoms with E-state index < -0.39 is 28.9 Å². The van der Waals surface area contributed by atoms with Gasteiger partial charge in [-0.15, -0.1) is 22.7 Å². The monoisotopic (exact) mass is 474 g/mol. The van der Waals surface area contributed by atoms with Crippen LogP contribution in [-0.4, -0.2) is 17.8 Å². The zero-order chi connectivity index (χ0) is 22.8. The van der Waals surface area contributed by atoms with Crippen molar-refractivity contribution in [1.29, 1.82) is 0 Å². The highest BCUT2D eigenvalue weighted by Crippen LogP contribution is 2.65. The van der Waals surface area contributed by atoms with Crippen molar-refractivity contribution in [3.63, 3.8) is 0 Å². The Balaban J connectivity index is 1.95. The smallest absolute Gasteiger partial charge is 0.200 e. The molecule has 0 bridgehead atoms. The highest BCUT2D eigenvalue weighted by Gasteiger charge is 2.80. The first-order chi connectivity index (χ1) is 14.4. The van der Waals surface area contributed by atoms with Crippen LogP contribution in [0.4, 0.5) is 26.3 Å². The molecule has 0 spiro atoms. The number of aromatic nitrogens is 1. The Hall–Kier alpha value is -2.13. The molecule has 0 saturated heterocycles. The lowest BCUT2D eigenvalue weighted by atomic mass is 9.95. The van der Waals surface area contributed by atoms with Gasteiger partial charge in [-0.1, -0.05) is 6.07 Å². The zero-order valence-corrected chi connectivity index (χ0v) is 18.4. The molecule has 0 amide bonds. The molecule has 0 fully saturated rings. The molecule has 9 heteroatoms. The van der Waals surface area contributed by atoms with Gasteiger partial charge in [0.1, 0.15) is 0 Å². The average Bonchev–Trinajstić information content (AvgIpc) is 3.22. The van der Waals surface area contributed by atoms with E-state index in [1.54, 1.807) is 36.0 Å². The summed E-state index contributed by atoms with van der Waals surface area (Å²) in [5.74, 6) is -15.6. The third kappa shape index (κ3) is 3.24. The Morgan fingerprint density at radius 1 is 0.742 bits per heavy atom. The average molecular weight is 475 g/mol. The maximum Gasteiger partial charge on any atom is 0.380 e. The maximum atomic E-state index is 15.0. The largest absolute Gasteiger partial charge is 0.380 e. The van der Waals surface area contributed by atoms with Gasteiger partial charge in [0.15, 0.2) is 18.9 Å². The number of rotatable bonds is 4. The summed E-state index contributed by atoms with van der Waals surface area (Å²) in [6, 6.07) is 8.00. The molecule has 31 heavy (non-hydrogen) atoms. The van der Waals surface area contributed by atoms with Crippen LogP contribution in [0.3, 0.4) is 0 Å². The van der Waals surface area contributed by atoms with E-state index in [0.29, 0.717) is 21.2 Å². The summed E-state index contributed by atoms with van der Waals surface area (Å²) >= 11 is 2.24. The van der Waals surface area contributed by atoms with E-state index in [0.717, 1.165) is 22.7 Å². The second-order valence-corrected chi connectivity index (χ2v) is 10.3. The van der Waals surface area contributed by atoms with Crippen molar-refractivity contribution in [2.45, 2.75) is 45.1 Å². The van der Waals surface area contributed by atoms with Crippen molar-refractivity contribution in [2.75, 3.05) is 0 Å². The quantitative estimate of drug-likeness (QED) is 0.286. The lowest BCUT2D eigenvalue weighted by molar-refractivity contribution is -0.687. The van der Waals surface area contributed by atoms with Crippen LogP contribution in [-0.2, 0) is 6.54 Å². The zero-order valence-electron chi connectivity index (χ0n) is 16.8. The van der Waals surface area contributed by atoms with Gasteiger partial charge in [-0.3, -0.25) is 0 Å². The van der Waals surface area contributed by atoms with Crippen molar-refractivity contribution in [3.05, 3.63) is 73.4 Å². The normalized spacial score (nSPS) is 19.3. The molecule has 1 nitrogen and oxygen atoms in total. The number of hydrogen-bond acceptors (Lipinski definition) is 2. The van der Waals surface area contributed by atoms with Gasteiger partial charge in [0.05, 0.1) is 4.88 Å². The number of pyridine rings is 1. The molecule has 0 saturated carbocycles. The van der Waals surface area contributed by atoms with E-state index in [-0.39, 0.29) is 16.0 Å². The first-order valence-electron chi connectivity index (χ1n) is 9.37. The number of aryl methyl sites for hydroxylation is 3. The van der Waals surface area contributed by atoms with Crippen molar-refractivity contribution in [1.82, 2.24) is 0 Å². The third-order valence-corrected chi connectivity index (χ3v) is 7.33. The van der Waals surface area contributed by atoms with Crippen molar-refractivity contribution in [2.24, 2.45) is 0 Å². The van der Waals surface area contributed by atoms with E-state index in [1.165, 1.54) is 26.0 Å². The van der Waals surface area contributed by atoms with Crippen LogP contribution < -0.4 is 4.57 Å². The van der Waals surface area contributed by atoms with Crippen LogP contribution in [0, 0.1) is 20.8 Å². The minimum absolute atomic E-state index is 0.246. The molecule has 0 unspecified atom stereocenters. The summed E-state index contributed by atoms with van der Waals surface area (Å²) in [7, 11) is 0. The molecule has 0 radical (unpaired) electrons. The number of allylic oxidation sites excluding steroid dienone is 2. The highest BCUT2D eigenvalue weighted by atomic mass is 32.1. The molecule has 0 N–H and O–H groups in total. The van der Waals surface area contributed by atoms with Gasteiger partial charge in [-0.2, -0.15) is 30.9 Å². The summed E-state index contributed by atoms with van der Waals surface area (Å²) in [6.45, 7) is 4.89. The Morgan fingerprint density at radius 2 is 1.26 bits per heavy atom. The lowest BCUT2D eigenvalue weighted by Gasteiger charge is -2.25. The summed E-state index contributed by atoms with van der Waals surface area (Å²) in [4.78, 5) is 1.77. The number of thiophene rings is 2. The summed E-state index contributed by atoms with van der Waals surface area (Å²) in [5, 5.41) is 0. The van der Waals surface area contributed by atoms with Crippen LogP contribution in [0.2, 0.25) is 0 Å². The van der Waals surface area contributed by atoms with Crippen molar-refractivity contribution < 1.29 is 30.9 Å². The molecule has 1 aliphatic carbocycles. The van der Waals surface area contributed by atoms with Crippen molar-refractivity contribution in [3.8, 4) is 0 Å². The number of halogens is 6. The van der Waals surface area contributed by atoms with Gasteiger partial charge in [-0.25, -0.2) is 0 Å². The minimum Gasteiger partial charge on any atom is -0.200 e. The van der Waals surface area contributed by atoms with Gasteiger partial charge in [-0.05, 0) is 44.0 Å². The van der Waals surface area contributed by atoms with Crippen LogP contribution >= 0.6 is 22.7 Å². The highest BCUT2D eigenvalue weighted by molar-refractivity contribution is 7.12. The van der Waals surface area contributed by atoms with Crippen LogP contribution in [0.1, 0.15) is 30.6 Å². The molecule has 3 heterocycles. The second-order valence-electron chi connectivity index (χ2n) is 7.53. The Bertz CT molecular complexity index is 1170. The second kappa shape index (κ2) is 7.20. The molecule has 0 aromatic carbocycles. The van der Waals surface area contributed by atoms with Gasteiger partial charge >= 0.3 is 17.8 Å². The lowest BCUT2D eigenvalue weighted by Crippen LogP contribution is -2.48. The van der Waals surface area contributed by atoms with Gasteiger partial charge in [0.25, 0.3) is 0 Å². The van der Waals surface area contributed by atoms with E-state index in [2.05, 4.69) is 0 Å². The SMILES string of the molecule is Cc1cc(C2=C(c3cc(C[n+]4ccccc4)sc3C)C(F)(F)C(F)(F)C2(F)F)c(C)s1. The van der Waals surface area contributed by atoms with E-state index >= 15 is 0 Å². The third-order valence-electron chi connectivity index (χ3n) is 5.33. The predicted octanol–water partition coefficient (Wildman–Crippen LogP) is 6.90. The summed E-state index contributed by atoms with van der Waals surface area (Å²) in [5.41, 5.74) is -3.05. The van der Waals surface area contributed by atoms with Gasteiger partial charge in [0, 0.05) is 37.9 Å². The van der Waals surface area contributed by atoms with Gasteiger partial charge < -0.3 is 0 Å². The molecule has 164 valence electrons. The molecule has 0 atom stereocenters. The predicted molar refractivity (Wildman–Crippen MR) is 110 cm³/mol. The first-order valence-corrected chi connectivity index (χ1v) is 11.0. The van der Waals surface area contributed by atoms with Crippen LogP contribution in [0.25, 0.3) is 11.1 Å².